The minimum absolute atomic E-state index is 0.00318. The van der Waals surface area contributed by atoms with Gasteiger partial charge in [0.05, 0.1) is 13.1 Å². The van der Waals surface area contributed by atoms with Crippen LogP contribution in [0.25, 0.3) is 0 Å². The van der Waals surface area contributed by atoms with E-state index in [9.17, 15) is 9.59 Å². The van der Waals surface area contributed by atoms with E-state index in [1.807, 2.05) is 38.1 Å². The zero-order chi connectivity index (χ0) is 19.4. The highest BCUT2D eigenvalue weighted by Gasteiger charge is 2.31. The van der Waals surface area contributed by atoms with Crippen LogP contribution in [0, 0.1) is 6.92 Å². The van der Waals surface area contributed by atoms with Crippen LogP contribution in [0.3, 0.4) is 0 Å². The number of nitrogens with one attached hydrogen (secondary N) is 2. The number of rotatable bonds is 5. The van der Waals surface area contributed by atoms with Crippen LogP contribution in [0.4, 0.5) is 5.69 Å². The number of anilines is 1. The Labute approximate surface area is 161 Å². The molecule has 0 spiro atoms. The van der Waals surface area contributed by atoms with Crippen molar-refractivity contribution in [2.45, 2.75) is 32.9 Å². The molecule has 5 heteroatoms. The maximum atomic E-state index is 12.8. The standard InChI is InChI=1S/C22H27N3O2/c1-16-8-10-20(11-9-16)23-21(26)15-24(3)22(27)17(2)25-13-12-18-6-4-5-7-19(18)14-25/h4-11,17H,12-15H2,1-3H3,(H,23,26)/p+1/t17-/m1/s1. The Balaban J connectivity index is 1.55. The zero-order valence-corrected chi connectivity index (χ0v) is 16.3. The number of likely N-dealkylation sites (N-methyl/N-ethyl adjacent to an activating group) is 1. The van der Waals surface area contributed by atoms with E-state index in [4.69, 9.17) is 0 Å². The number of benzene rings is 2. The van der Waals surface area contributed by atoms with Gasteiger partial charge in [0, 0.05) is 24.7 Å². The molecule has 2 atom stereocenters. The fraction of sp³-hybridized carbons (Fsp3) is 0.364. The molecule has 2 amide bonds. The largest absolute Gasteiger partial charge is 0.331 e. The Bertz CT molecular complexity index is 817. The van der Waals surface area contributed by atoms with Gasteiger partial charge in [0.25, 0.3) is 5.91 Å². The first-order valence-corrected chi connectivity index (χ1v) is 9.47. The Morgan fingerprint density at radius 1 is 1.11 bits per heavy atom. The number of quaternary nitrogens is 1. The van der Waals surface area contributed by atoms with Gasteiger partial charge in [-0.2, -0.15) is 0 Å². The van der Waals surface area contributed by atoms with E-state index in [2.05, 4.69) is 29.6 Å². The lowest BCUT2D eigenvalue weighted by Crippen LogP contribution is -3.16. The predicted octanol–water partition coefficient (Wildman–Crippen LogP) is 1.42. The van der Waals surface area contributed by atoms with Crippen LogP contribution in [0.2, 0.25) is 0 Å². The van der Waals surface area contributed by atoms with Crippen LogP contribution in [0.1, 0.15) is 23.6 Å². The van der Waals surface area contributed by atoms with Crippen molar-refractivity contribution in [3.63, 3.8) is 0 Å². The van der Waals surface area contributed by atoms with Gasteiger partial charge in [0.1, 0.15) is 6.54 Å². The van der Waals surface area contributed by atoms with Crippen LogP contribution in [0.15, 0.2) is 48.5 Å². The lowest BCUT2D eigenvalue weighted by atomic mass is 9.98. The number of amides is 2. The summed E-state index contributed by atoms with van der Waals surface area (Å²) in [6, 6.07) is 15.9. The number of carbonyl (C=O) groups excluding carboxylic acids is 2. The van der Waals surface area contributed by atoms with E-state index < -0.39 is 0 Å². The van der Waals surface area contributed by atoms with Crippen molar-refractivity contribution in [3.05, 3.63) is 65.2 Å². The summed E-state index contributed by atoms with van der Waals surface area (Å²) in [4.78, 5) is 27.9. The molecule has 5 nitrogen and oxygen atoms in total. The van der Waals surface area contributed by atoms with Crippen LogP contribution < -0.4 is 10.2 Å². The monoisotopic (exact) mass is 366 g/mol. The third-order valence-electron chi connectivity index (χ3n) is 5.33. The third-order valence-corrected chi connectivity index (χ3v) is 5.33. The highest BCUT2D eigenvalue weighted by Crippen LogP contribution is 2.11. The summed E-state index contributed by atoms with van der Waals surface area (Å²) in [6.45, 7) is 5.81. The molecule has 27 heavy (non-hydrogen) atoms. The van der Waals surface area contributed by atoms with Gasteiger partial charge in [-0.05, 0) is 31.5 Å². The van der Waals surface area contributed by atoms with Crippen LogP contribution in [-0.2, 0) is 22.6 Å². The molecule has 0 fully saturated rings. The van der Waals surface area contributed by atoms with Gasteiger partial charge in [-0.25, -0.2) is 0 Å². The molecule has 142 valence electrons. The lowest BCUT2D eigenvalue weighted by molar-refractivity contribution is -0.930. The summed E-state index contributed by atoms with van der Waals surface area (Å²) < 4.78 is 0. The lowest BCUT2D eigenvalue weighted by Gasteiger charge is -2.31. The van der Waals surface area contributed by atoms with E-state index in [0.29, 0.717) is 0 Å². The van der Waals surface area contributed by atoms with Gasteiger partial charge in [0.2, 0.25) is 5.91 Å². The molecule has 0 radical (unpaired) electrons. The molecule has 0 saturated carbocycles. The highest BCUT2D eigenvalue weighted by molar-refractivity contribution is 5.94. The molecule has 0 aliphatic carbocycles. The highest BCUT2D eigenvalue weighted by atomic mass is 16.2. The number of nitrogens with zero attached hydrogens (tertiary/aromatic N) is 1. The van der Waals surface area contributed by atoms with Gasteiger partial charge in [-0.3, -0.25) is 9.59 Å². The van der Waals surface area contributed by atoms with Crippen molar-refractivity contribution in [3.8, 4) is 0 Å². The van der Waals surface area contributed by atoms with E-state index in [0.717, 1.165) is 30.8 Å². The minimum Gasteiger partial charge on any atom is -0.331 e. The predicted molar refractivity (Wildman–Crippen MR) is 107 cm³/mol. The number of fused-ring (bicyclic) bond motifs is 1. The van der Waals surface area contributed by atoms with Crippen molar-refractivity contribution in [1.29, 1.82) is 0 Å². The molecular weight excluding hydrogens is 338 g/mol. The summed E-state index contributed by atoms with van der Waals surface area (Å²) in [7, 11) is 1.70. The maximum Gasteiger partial charge on any atom is 0.280 e. The molecule has 2 aromatic carbocycles. The summed E-state index contributed by atoms with van der Waals surface area (Å²) in [5.74, 6) is -0.177. The molecule has 0 saturated heterocycles. The minimum atomic E-state index is -0.180. The first-order valence-electron chi connectivity index (χ1n) is 9.47. The zero-order valence-electron chi connectivity index (χ0n) is 16.3. The Morgan fingerprint density at radius 3 is 2.48 bits per heavy atom. The fourth-order valence-electron chi connectivity index (χ4n) is 3.61. The number of carbonyl (C=O) groups is 2. The van der Waals surface area contributed by atoms with Gasteiger partial charge >= 0.3 is 0 Å². The average Bonchev–Trinajstić information content (AvgIpc) is 2.68. The molecular formula is C22H28N3O2+. The Kier molecular flexibility index (Phi) is 5.91. The van der Waals surface area contributed by atoms with Crippen LogP contribution >= 0.6 is 0 Å². The molecule has 2 N–H and O–H groups in total. The first-order chi connectivity index (χ1) is 12.9. The molecule has 0 aromatic heterocycles. The van der Waals surface area contributed by atoms with E-state index in [1.165, 1.54) is 20.9 Å². The van der Waals surface area contributed by atoms with Crippen LogP contribution in [-0.4, -0.2) is 42.9 Å². The molecule has 1 unspecified atom stereocenters. The van der Waals surface area contributed by atoms with Crippen molar-refractivity contribution < 1.29 is 14.5 Å². The SMILES string of the molecule is Cc1ccc(NC(=O)CN(C)C(=O)[C@@H](C)[NH+]2CCc3ccccc3C2)cc1. The van der Waals surface area contributed by atoms with Gasteiger partial charge in [-0.15, -0.1) is 0 Å². The quantitative estimate of drug-likeness (QED) is 0.841. The number of hydrogen-bond donors (Lipinski definition) is 2. The smallest absolute Gasteiger partial charge is 0.280 e. The third kappa shape index (κ3) is 4.74. The first kappa shape index (κ1) is 19.1. The van der Waals surface area contributed by atoms with E-state index in [-0.39, 0.29) is 24.4 Å². The van der Waals surface area contributed by atoms with Crippen molar-refractivity contribution in [1.82, 2.24) is 4.90 Å². The van der Waals surface area contributed by atoms with Crippen molar-refractivity contribution in [2.75, 3.05) is 25.5 Å². The van der Waals surface area contributed by atoms with Gasteiger partial charge in [-0.1, -0.05) is 42.0 Å². The molecule has 1 aliphatic heterocycles. The Morgan fingerprint density at radius 2 is 1.78 bits per heavy atom. The van der Waals surface area contributed by atoms with Gasteiger partial charge < -0.3 is 15.1 Å². The number of aryl methyl sites for hydroxylation is 1. The second-order valence-corrected chi connectivity index (χ2v) is 7.43. The second kappa shape index (κ2) is 8.35. The summed E-state index contributed by atoms with van der Waals surface area (Å²) >= 11 is 0. The topological polar surface area (TPSA) is 53.9 Å². The van der Waals surface area contributed by atoms with Gasteiger partial charge in [0.15, 0.2) is 6.04 Å². The fourth-order valence-corrected chi connectivity index (χ4v) is 3.61. The summed E-state index contributed by atoms with van der Waals surface area (Å²) in [5, 5.41) is 2.85. The molecule has 1 aliphatic rings. The normalized spacial score (nSPS) is 16.9. The van der Waals surface area contributed by atoms with E-state index in [1.54, 1.807) is 7.05 Å². The van der Waals surface area contributed by atoms with Crippen molar-refractivity contribution in [2.24, 2.45) is 0 Å². The average molecular weight is 366 g/mol. The van der Waals surface area contributed by atoms with Crippen LogP contribution in [0.5, 0.6) is 0 Å². The summed E-state index contributed by atoms with van der Waals surface area (Å²) in [6.07, 6.45) is 0.987. The second-order valence-electron chi connectivity index (χ2n) is 7.43. The molecule has 0 bridgehead atoms. The van der Waals surface area contributed by atoms with Crippen molar-refractivity contribution >= 4 is 17.5 Å². The number of hydrogen-bond acceptors (Lipinski definition) is 2. The summed E-state index contributed by atoms with van der Waals surface area (Å²) in [5.41, 5.74) is 4.59. The maximum absolute atomic E-state index is 12.8. The molecule has 3 rings (SSSR count). The molecule has 1 heterocycles. The molecule has 2 aromatic rings. The van der Waals surface area contributed by atoms with E-state index >= 15 is 0 Å². The Hall–Kier alpha value is -2.66.